The lowest BCUT2D eigenvalue weighted by molar-refractivity contribution is -0.115. The van der Waals surface area contributed by atoms with Crippen LogP contribution < -0.4 is 5.32 Å². The van der Waals surface area contributed by atoms with Gasteiger partial charge < -0.3 is 9.73 Å². The van der Waals surface area contributed by atoms with Crippen molar-refractivity contribution in [2.75, 3.05) is 17.3 Å². The summed E-state index contributed by atoms with van der Waals surface area (Å²) in [5.74, 6) is 1.63. The van der Waals surface area contributed by atoms with Crippen molar-refractivity contribution in [1.82, 2.24) is 10.2 Å². The molecular formula is C14H13ClN4O2S2. The highest BCUT2D eigenvalue weighted by Gasteiger charge is 2.09. The van der Waals surface area contributed by atoms with Crippen LogP contribution in [0.15, 0.2) is 27.8 Å². The van der Waals surface area contributed by atoms with E-state index in [-0.39, 0.29) is 5.91 Å². The van der Waals surface area contributed by atoms with Crippen molar-refractivity contribution in [3.63, 3.8) is 0 Å². The number of hydrogen-bond acceptors (Lipinski definition) is 7. The van der Waals surface area contributed by atoms with Crippen LogP contribution in [0.1, 0.15) is 17.9 Å². The average molecular weight is 369 g/mol. The number of amides is 1. The van der Waals surface area contributed by atoms with Gasteiger partial charge in [-0.3, -0.25) is 4.79 Å². The molecule has 0 saturated carbocycles. The smallest absolute Gasteiger partial charge is 0.276 e. The summed E-state index contributed by atoms with van der Waals surface area (Å²) in [5.41, 5.74) is 0.932. The average Bonchev–Trinajstić information content (AvgIpc) is 2.95. The second kappa shape index (κ2) is 8.82. The van der Waals surface area contributed by atoms with Crippen LogP contribution in [-0.2, 0) is 10.5 Å². The van der Waals surface area contributed by atoms with Crippen molar-refractivity contribution in [2.24, 2.45) is 0 Å². The number of nitrogens with zero attached hydrogens (tertiary/aromatic N) is 3. The molecule has 0 fully saturated rings. The van der Waals surface area contributed by atoms with Crippen molar-refractivity contribution in [1.29, 1.82) is 5.26 Å². The Morgan fingerprint density at radius 3 is 3.00 bits per heavy atom. The fourth-order valence-electron chi connectivity index (χ4n) is 1.62. The summed E-state index contributed by atoms with van der Waals surface area (Å²) >= 11 is 8.86. The van der Waals surface area contributed by atoms with Crippen LogP contribution in [-0.4, -0.2) is 28.1 Å². The van der Waals surface area contributed by atoms with Gasteiger partial charge in [-0.2, -0.15) is 17.0 Å². The van der Waals surface area contributed by atoms with E-state index in [9.17, 15) is 4.79 Å². The van der Waals surface area contributed by atoms with E-state index in [4.69, 9.17) is 21.3 Å². The van der Waals surface area contributed by atoms with Crippen LogP contribution in [0, 0.1) is 11.3 Å². The number of carbonyl (C=O) groups is 1. The molecule has 0 saturated heterocycles. The van der Waals surface area contributed by atoms with Crippen LogP contribution >= 0.6 is 35.1 Å². The summed E-state index contributed by atoms with van der Waals surface area (Å²) < 4.78 is 5.41. The fourth-order valence-corrected chi connectivity index (χ4v) is 2.92. The molecule has 0 aliphatic heterocycles. The van der Waals surface area contributed by atoms with Gasteiger partial charge in [0, 0.05) is 17.9 Å². The number of carbonyl (C=O) groups excluding carboxylic acids is 1. The van der Waals surface area contributed by atoms with Crippen LogP contribution in [0.5, 0.6) is 0 Å². The molecule has 120 valence electrons. The molecule has 0 aliphatic rings. The lowest BCUT2D eigenvalue weighted by atomic mass is 10.2. The number of aromatic nitrogens is 2. The second-order valence-corrected chi connectivity index (χ2v) is 6.67. The van der Waals surface area contributed by atoms with Gasteiger partial charge in [0.05, 0.1) is 16.3 Å². The van der Waals surface area contributed by atoms with E-state index in [0.717, 1.165) is 0 Å². The van der Waals surface area contributed by atoms with Crippen molar-refractivity contribution in [3.05, 3.63) is 34.7 Å². The van der Waals surface area contributed by atoms with Gasteiger partial charge in [-0.05, 0) is 24.5 Å². The van der Waals surface area contributed by atoms with Gasteiger partial charge in [-0.1, -0.05) is 23.4 Å². The maximum absolute atomic E-state index is 11.9. The summed E-state index contributed by atoms with van der Waals surface area (Å²) in [6.45, 7) is 0. The first-order chi connectivity index (χ1) is 11.1. The molecule has 23 heavy (non-hydrogen) atoms. The van der Waals surface area contributed by atoms with Gasteiger partial charge >= 0.3 is 0 Å². The largest absolute Gasteiger partial charge is 0.415 e. The Morgan fingerprint density at radius 2 is 2.30 bits per heavy atom. The summed E-state index contributed by atoms with van der Waals surface area (Å²) in [6, 6.07) is 6.73. The van der Waals surface area contributed by atoms with E-state index >= 15 is 0 Å². The highest BCUT2D eigenvalue weighted by Crippen LogP contribution is 2.21. The zero-order valence-electron chi connectivity index (χ0n) is 12.2. The SMILES string of the molecule is CSCc1nnc(SCCC(=O)Nc2ccc(C#N)c(Cl)c2)o1. The van der Waals surface area contributed by atoms with Crippen LogP contribution in [0.3, 0.4) is 0 Å². The monoisotopic (exact) mass is 368 g/mol. The highest BCUT2D eigenvalue weighted by atomic mass is 35.5. The standard InChI is InChI=1S/C14H13ClN4O2S2/c1-22-8-13-18-19-14(21-13)23-5-4-12(20)17-10-3-2-9(7-16)11(15)6-10/h2-3,6H,4-5,8H2,1H3,(H,17,20). The molecule has 2 rings (SSSR count). The van der Waals surface area contributed by atoms with Gasteiger partial charge in [-0.15, -0.1) is 10.2 Å². The molecule has 9 heteroatoms. The normalized spacial score (nSPS) is 10.3. The molecule has 1 heterocycles. The lowest BCUT2D eigenvalue weighted by Crippen LogP contribution is -2.12. The zero-order chi connectivity index (χ0) is 16.7. The van der Waals surface area contributed by atoms with Gasteiger partial charge in [-0.25, -0.2) is 0 Å². The Morgan fingerprint density at radius 1 is 1.48 bits per heavy atom. The molecular weight excluding hydrogens is 356 g/mol. The topological polar surface area (TPSA) is 91.8 Å². The van der Waals surface area contributed by atoms with E-state index in [1.54, 1.807) is 30.0 Å². The maximum atomic E-state index is 11.9. The number of hydrogen-bond donors (Lipinski definition) is 1. The Kier molecular flexibility index (Phi) is 6.77. The van der Waals surface area contributed by atoms with E-state index in [0.29, 0.717) is 45.3 Å². The Hall–Kier alpha value is -1.69. The van der Waals surface area contributed by atoms with Gasteiger partial charge in [0.1, 0.15) is 6.07 Å². The molecule has 1 N–H and O–H groups in total. The summed E-state index contributed by atoms with van der Waals surface area (Å²) in [6.07, 6.45) is 2.25. The second-order valence-electron chi connectivity index (χ2n) is 4.35. The molecule has 0 unspecified atom stereocenters. The Bertz CT molecular complexity index is 730. The number of thioether (sulfide) groups is 2. The van der Waals surface area contributed by atoms with Crippen molar-refractivity contribution in [3.8, 4) is 6.07 Å². The summed E-state index contributed by atoms with van der Waals surface area (Å²) in [4.78, 5) is 11.9. The minimum absolute atomic E-state index is 0.151. The third kappa shape index (κ3) is 5.46. The van der Waals surface area contributed by atoms with E-state index in [2.05, 4.69) is 15.5 Å². The zero-order valence-corrected chi connectivity index (χ0v) is 14.6. The van der Waals surface area contributed by atoms with Crippen LogP contribution in [0.4, 0.5) is 5.69 Å². The summed E-state index contributed by atoms with van der Waals surface area (Å²) in [5, 5.41) is 20.1. The maximum Gasteiger partial charge on any atom is 0.276 e. The number of nitriles is 1. The molecule has 0 bridgehead atoms. The Balaban J connectivity index is 1.78. The quantitative estimate of drug-likeness (QED) is 0.746. The van der Waals surface area contributed by atoms with Crippen LogP contribution in [0.2, 0.25) is 5.02 Å². The number of rotatable bonds is 7. The number of benzene rings is 1. The molecule has 0 spiro atoms. The Labute approximate surface area is 147 Å². The minimum Gasteiger partial charge on any atom is -0.415 e. The number of anilines is 1. The first-order valence-electron chi connectivity index (χ1n) is 6.56. The molecule has 0 aliphatic carbocycles. The molecule has 6 nitrogen and oxygen atoms in total. The third-order valence-electron chi connectivity index (χ3n) is 2.64. The van der Waals surface area contributed by atoms with E-state index in [1.807, 2.05) is 12.3 Å². The molecule has 0 atom stereocenters. The number of halogens is 1. The van der Waals surface area contributed by atoms with Crippen molar-refractivity contribution < 1.29 is 9.21 Å². The minimum atomic E-state index is -0.151. The molecule has 1 aromatic heterocycles. The van der Waals surface area contributed by atoms with Crippen LogP contribution in [0.25, 0.3) is 0 Å². The predicted octanol–water partition coefficient (Wildman–Crippen LogP) is 3.58. The third-order valence-corrected chi connectivity index (χ3v) is 4.31. The highest BCUT2D eigenvalue weighted by molar-refractivity contribution is 7.99. The van der Waals surface area contributed by atoms with Crippen molar-refractivity contribution >= 4 is 46.7 Å². The molecule has 1 amide bonds. The molecule has 1 aromatic carbocycles. The molecule has 2 aromatic rings. The molecule has 0 radical (unpaired) electrons. The number of nitrogens with one attached hydrogen (secondary N) is 1. The van der Waals surface area contributed by atoms with Gasteiger partial charge in [0.2, 0.25) is 11.8 Å². The predicted molar refractivity (Wildman–Crippen MR) is 91.7 cm³/mol. The van der Waals surface area contributed by atoms with Gasteiger partial charge in [0.15, 0.2) is 0 Å². The van der Waals surface area contributed by atoms with E-state index in [1.165, 1.54) is 11.8 Å². The fraction of sp³-hybridized carbons (Fsp3) is 0.286. The van der Waals surface area contributed by atoms with Gasteiger partial charge in [0.25, 0.3) is 5.22 Å². The lowest BCUT2D eigenvalue weighted by Gasteiger charge is -2.05. The first-order valence-corrected chi connectivity index (χ1v) is 9.31. The summed E-state index contributed by atoms with van der Waals surface area (Å²) in [7, 11) is 0. The van der Waals surface area contributed by atoms with E-state index < -0.39 is 0 Å². The van der Waals surface area contributed by atoms with Crippen molar-refractivity contribution in [2.45, 2.75) is 17.4 Å². The first kappa shape index (κ1) is 17.7.